The van der Waals surface area contributed by atoms with E-state index in [0.29, 0.717) is 0 Å². The van der Waals surface area contributed by atoms with Crippen LogP contribution >= 0.6 is 0 Å². The van der Waals surface area contributed by atoms with Crippen molar-refractivity contribution in [3.05, 3.63) is 82.6 Å². The number of benzene rings is 2. The fourth-order valence-corrected chi connectivity index (χ4v) is 6.23. The highest BCUT2D eigenvalue weighted by Gasteiger charge is 2.57. The summed E-state index contributed by atoms with van der Waals surface area (Å²) in [5, 5.41) is 0. The zero-order valence-electron chi connectivity index (χ0n) is 15.5. The van der Waals surface area contributed by atoms with Crippen LogP contribution in [0.1, 0.15) is 61.8 Å². The third-order valence-electron chi connectivity index (χ3n) is 7.10. The molecule has 2 saturated carbocycles. The first-order chi connectivity index (χ1) is 12.2. The van der Waals surface area contributed by atoms with Crippen LogP contribution in [0, 0.1) is 29.1 Å². The van der Waals surface area contributed by atoms with Crippen LogP contribution in [0.3, 0.4) is 0 Å². The minimum absolute atomic E-state index is 0.171. The molecule has 2 unspecified atom stereocenters. The summed E-state index contributed by atoms with van der Waals surface area (Å²) in [6.45, 7) is 4.96. The van der Waals surface area contributed by atoms with Crippen molar-refractivity contribution < 1.29 is 0 Å². The molecule has 0 nitrogen and oxygen atoms in total. The highest BCUT2D eigenvalue weighted by Crippen LogP contribution is 2.66. The van der Waals surface area contributed by atoms with Crippen LogP contribution in [0.5, 0.6) is 0 Å². The van der Waals surface area contributed by atoms with E-state index in [4.69, 9.17) is 0 Å². The van der Waals surface area contributed by atoms with E-state index in [2.05, 4.69) is 62.4 Å². The molecule has 3 aliphatic rings. The van der Waals surface area contributed by atoms with Gasteiger partial charge >= 0.3 is 0 Å². The van der Waals surface area contributed by atoms with Crippen molar-refractivity contribution in [3.8, 4) is 0 Å². The van der Waals surface area contributed by atoms with Crippen LogP contribution in [-0.4, -0.2) is 0 Å². The van der Waals surface area contributed by atoms with Crippen molar-refractivity contribution in [2.24, 2.45) is 17.3 Å². The largest absolute Gasteiger partial charge is 0.0622 e. The average molecular weight is 328 g/mol. The Labute approximate surface area is 152 Å². The molecule has 0 aromatic heterocycles. The number of hydrogen-bond donors (Lipinski definition) is 0. The maximum atomic E-state index is 2.54. The van der Waals surface area contributed by atoms with Crippen LogP contribution in [-0.2, 0) is 12.8 Å². The normalized spacial score (nSPS) is 28.2. The fourth-order valence-electron chi connectivity index (χ4n) is 6.23. The van der Waals surface area contributed by atoms with Crippen LogP contribution in [0.15, 0.2) is 48.5 Å². The quantitative estimate of drug-likeness (QED) is 0.618. The van der Waals surface area contributed by atoms with E-state index in [1.54, 1.807) is 23.0 Å². The Bertz CT molecular complexity index is 770. The molecule has 0 bridgehead atoms. The average Bonchev–Trinajstić information content (AvgIpc) is 3.29. The lowest BCUT2D eigenvalue weighted by Crippen LogP contribution is -2.26. The van der Waals surface area contributed by atoms with Gasteiger partial charge in [0.15, 0.2) is 0 Å². The summed E-state index contributed by atoms with van der Waals surface area (Å²) in [7, 11) is 0. The second-order valence-electron chi connectivity index (χ2n) is 8.80. The molecule has 0 spiro atoms. The maximum absolute atomic E-state index is 2.54. The molecule has 5 rings (SSSR count). The van der Waals surface area contributed by atoms with E-state index in [1.165, 1.54) is 49.7 Å². The molecule has 2 aromatic carbocycles. The smallest absolute Gasteiger partial charge is 0.0149 e. The number of rotatable bonds is 2. The third kappa shape index (κ3) is 2.33. The Morgan fingerprint density at radius 1 is 0.720 bits per heavy atom. The van der Waals surface area contributed by atoms with E-state index in [-0.39, 0.29) is 5.41 Å². The lowest BCUT2D eigenvalue weighted by molar-refractivity contribution is 0.436. The van der Waals surface area contributed by atoms with Gasteiger partial charge in [0.2, 0.25) is 0 Å². The molecular weight excluding hydrogens is 300 g/mol. The van der Waals surface area contributed by atoms with Crippen molar-refractivity contribution in [1.29, 1.82) is 0 Å². The minimum Gasteiger partial charge on any atom is -0.0622 e. The highest BCUT2D eigenvalue weighted by molar-refractivity contribution is 5.53. The first kappa shape index (κ1) is 15.7. The Hall–Kier alpha value is -1.56. The van der Waals surface area contributed by atoms with E-state index in [9.17, 15) is 0 Å². The number of fused-ring (bicyclic) bond motifs is 2. The van der Waals surface area contributed by atoms with Gasteiger partial charge in [-0.05, 0) is 71.6 Å². The summed E-state index contributed by atoms with van der Waals surface area (Å²) in [4.78, 5) is 0. The van der Waals surface area contributed by atoms with Gasteiger partial charge in [-0.25, -0.2) is 0 Å². The summed E-state index contributed by atoms with van der Waals surface area (Å²) in [6.07, 6.45) is 8.02. The monoisotopic (exact) mass is 328 g/mol. The molecule has 0 aliphatic heterocycles. The molecule has 0 heteroatoms. The minimum atomic E-state index is 0.171. The van der Waals surface area contributed by atoms with Gasteiger partial charge in [-0.1, -0.05) is 68.8 Å². The van der Waals surface area contributed by atoms with Gasteiger partial charge in [-0.3, -0.25) is 0 Å². The number of aryl methyl sites for hydroxylation is 2. The van der Waals surface area contributed by atoms with Crippen LogP contribution in [0.2, 0.25) is 0 Å². The Morgan fingerprint density at radius 2 is 1.40 bits per heavy atom. The summed E-state index contributed by atoms with van der Waals surface area (Å²) in [5.41, 5.74) is 6.39. The first-order valence-electron chi connectivity index (χ1n) is 10.1. The summed E-state index contributed by atoms with van der Waals surface area (Å²) >= 11 is 0. The molecule has 3 aliphatic carbocycles. The molecule has 2 radical (unpaired) electrons. The van der Waals surface area contributed by atoms with Crippen LogP contribution < -0.4 is 0 Å². The van der Waals surface area contributed by atoms with Gasteiger partial charge in [0.25, 0.3) is 0 Å². The second kappa shape index (κ2) is 5.73. The second-order valence-corrected chi connectivity index (χ2v) is 8.80. The zero-order chi connectivity index (χ0) is 17.0. The van der Waals surface area contributed by atoms with Crippen LogP contribution in [0.4, 0.5) is 0 Å². The van der Waals surface area contributed by atoms with Crippen molar-refractivity contribution in [1.82, 2.24) is 0 Å². The molecule has 0 N–H and O–H groups in total. The van der Waals surface area contributed by atoms with Gasteiger partial charge in [0, 0.05) is 11.8 Å². The molecular formula is C25H28. The molecule has 0 heterocycles. The zero-order valence-corrected chi connectivity index (χ0v) is 15.5. The van der Waals surface area contributed by atoms with Crippen LogP contribution in [0.25, 0.3) is 0 Å². The van der Waals surface area contributed by atoms with E-state index < -0.39 is 0 Å². The van der Waals surface area contributed by atoms with Gasteiger partial charge in [-0.2, -0.15) is 0 Å². The Morgan fingerprint density at radius 3 is 2.16 bits per heavy atom. The first-order valence-corrected chi connectivity index (χ1v) is 10.1. The Kier molecular flexibility index (Phi) is 3.59. The molecule has 2 fully saturated rings. The van der Waals surface area contributed by atoms with E-state index in [1.807, 2.05) is 0 Å². The topological polar surface area (TPSA) is 0 Å². The molecule has 0 amide bonds. The van der Waals surface area contributed by atoms with Gasteiger partial charge < -0.3 is 0 Å². The maximum Gasteiger partial charge on any atom is 0.0149 e. The molecule has 2 atom stereocenters. The summed E-state index contributed by atoms with van der Waals surface area (Å²) < 4.78 is 0. The summed E-state index contributed by atoms with van der Waals surface area (Å²) in [6, 6.07) is 18.6. The Balaban J connectivity index is 1.60. The van der Waals surface area contributed by atoms with Crippen molar-refractivity contribution in [2.45, 2.75) is 52.4 Å². The standard InChI is InChI=1S/C25H28/c1-25(2)23(18-8-4-3-5-9-18)21-12-7-13-22(21)24(25)20-15-14-17-10-6-11-19(17)16-20/h3-5,8-9,14-16,21-22H,6-7,10-13H2,1-2H3. The van der Waals surface area contributed by atoms with Crippen molar-refractivity contribution >= 4 is 0 Å². The SMILES string of the molecule is CC1(C)[C](c2ccccc2)C2CCCC2[C]1c1ccc2c(c1)CCC2. The van der Waals surface area contributed by atoms with Gasteiger partial charge in [0.1, 0.15) is 0 Å². The lowest BCUT2D eigenvalue weighted by atomic mass is 9.68. The molecule has 2 aromatic rings. The van der Waals surface area contributed by atoms with E-state index in [0.717, 1.165) is 11.8 Å². The molecule has 0 saturated heterocycles. The van der Waals surface area contributed by atoms with Gasteiger partial charge in [-0.15, -0.1) is 0 Å². The molecule has 128 valence electrons. The lowest BCUT2D eigenvalue weighted by Gasteiger charge is -2.35. The highest BCUT2D eigenvalue weighted by atomic mass is 14.6. The number of hydrogen-bond acceptors (Lipinski definition) is 0. The summed E-state index contributed by atoms with van der Waals surface area (Å²) in [5.74, 6) is 4.93. The fraction of sp³-hybridized carbons (Fsp3) is 0.440. The van der Waals surface area contributed by atoms with E-state index >= 15 is 0 Å². The third-order valence-corrected chi connectivity index (χ3v) is 7.10. The van der Waals surface area contributed by atoms with Crippen molar-refractivity contribution in [2.75, 3.05) is 0 Å². The predicted molar refractivity (Wildman–Crippen MR) is 104 cm³/mol. The molecule has 25 heavy (non-hydrogen) atoms. The van der Waals surface area contributed by atoms with Crippen molar-refractivity contribution in [3.63, 3.8) is 0 Å². The van der Waals surface area contributed by atoms with Gasteiger partial charge in [0.05, 0.1) is 0 Å². The predicted octanol–water partition coefficient (Wildman–Crippen LogP) is 6.18.